The van der Waals surface area contributed by atoms with Crippen molar-refractivity contribution in [3.05, 3.63) is 11.6 Å². The molecule has 9 heteroatoms. The first-order chi connectivity index (χ1) is 16.9. The summed E-state index contributed by atoms with van der Waals surface area (Å²) in [4.78, 5) is 53.2. The standard InChI is InChI=1S/C27H41N3O6/c1-7-20(25(33)35-8-2)17-28-24(32)22-10-9-13-30(18-22)23(31)16-19(3)21-11-14-29(15-12-21)26(34)36-27(4,5)6/h1,16,20-22H,8-15,17-18H2,2-6H3,(H,28,32)/b19-16+/t20-,22+/m0/s1. The van der Waals surface area contributed by atoms with Gasteiger partial charge in [0.25, 0.3) is 0 Å². The molecule has 0 saturated carbocycles. The quantitative estimate of drug-likeness (QED) is 0.325. The van der Waals surface area contributed by atoms with Gasteiger partial charge >= 0.3 is 12.1 Å². The third-order valence-electron chi connectivity index (χ3n) is 6.50. The number of piperidine rings is 2. The average molecular weight is 504 g/mol. The first-order valence-electron chi connectivity index (χ1n) is 12.8. The number of likely N-dealkylation sites (tertiary alicyclic amines) is 2. The molecule has 9 nitrogen and oxygen atoms in total. The van der Waals surface area contributed by atoms with E-state index < -0.39 is 17.5 Å². The summed E-state index contributed by atoms with van der Waals surface area (Å²) in [6.45, 7) is 11.5. The van der Waals surface area contributed by atoms with E-state index in [1.807, 2.05) is 27.7 Å². The summed E-state index contributed by atoms with van der Waals surface area (Å²) >= 11 is 0. The minimum absolute atomic E-state index is 0.0135. The maximum atomic E-state index is 13.0. The van der Waals surface area contributed by atoms with Gasteiger partial charge in [-0.3, -0.25) is 14.4 Å². The largest absolute Gasteiger partial charge is 0.465 e. The summed E-state index contributed by atoms with van der Waals surface area (Å²) in [5, 5.41) is 2.74. The van der Waals surface area contributed by atoms with Gasteiger partial charge in [-0.05, 0) is 66.2 Å². The van der Waals surface area contributed by atoms with Gasteiger partial charge in [-0.15, -0.1) is 6.42 Å². The number of carbonyl (C=O) groups is 4. The maximum absolute atomic E-state index is 13.0. The van der Waals surface area contributed by atoms with Gasteiger partial charge in [0.2, 0.25) is 11.8 Å². The van der Waals surface area contributed by atoms with Gasteiger partial charge in [-0.25, -0.2) is 4.79 Å². The number of rotatable bonds is 7. The summed E-state index contributed by atoms with van der Waals surface area (Å²) < 4.78 is 10.4. The van der Waals surface area contributed by atoms with Crippen LogP contribution in [0.2, 0.25) is 0 Å². The Morgan fingerprint density at radius 1 is 1.08 bits per heavy atom. The van der Waals surface area contributed by atoms with Crippen LogP contribution in [-0.2, 0) is 23.9 Å². The van der Waals surface area contributed by atoms with E-state index in [-0.39, 0.29) is 42.9 Å². The molecule has 2 atom stereocenters. The van der Waals surface area contributed by atoms with Crippen molar-refractivity contribution < 1.29 is 28.7 Å². The molecule has 0 radical (unpaired) electrons. The first kappa shape index (κ1) is 29.2. The van der Waals surface area contributed by atoms with E-state index in [1.54, 1.807) is 22.8 Å². The minimum atomic E-state index is -0.831. The highest BCUT2D eigenvalue weighted by molar-refractivity contribution is 5.89. The first-order valence-corrected chi connectivity index (χ1v) is 12.8. The van der Waals surface area contributed by atoms with E-state index in [0.717, 1.165) is 24.8 Å². The lowest BCUT2D eigenvalue weighted by Crippen LogP contribution is -2.46. The van der Waals surface area contributed by atoms with Gasteiger partial charge in [0, 0.05) is 38.8 Å². The topological polar surface area (TPSA) is 105 Å². The van der Waals surface area contributed by atoms with Gasteiger partial charge in [-0.1, -0.05) is 11.5 Å². The van der Waals surface area contributed by atoms with E-state index in [2.05, 4.69) is 11.2 Å². The smallest absolute Gasteiger partial charge is 0.410 e. The Bertz CT molecular complexity index is 877. The molecule has 0 aromatic carbocycles. The monoisotopic (exact) mass is 503 g/mol. The van der Waals surface area contributed by atoms with Crippen LogP contribution in [0.15, 0.2) is 11.6 Å². The van der Waals surface area contributed by atoms with Crippen LogP contribution in [0.3, 0.4) is 0 Å². The van der Waals surface area contributed by atoms with Crippen LogP contribution in [-0.4, -0.2) is 78.6 Å². The van der Waals surface area contributed by atoms with Gasteiger partial charge < -0.3 is 24.6 Å². The van der Waals surface area contributed by atoms with Gasteiger partial charge in [-0.2, -0.15) is 0 Å². The summed E-state index contributed by atoms with van der Waals surface area (Å²) in [5.74, 6) is 0.543. The number of carbonyl (C=O) groups excluding carboxylic acids is 4. The lowest BCUT2D eigenvalue weighted by atomic mass is 9.89. The fraction of sp³-hybridized carbons (Fsp3) is 0.704. The second kappa shape index (κ2) is 13.3. The molecule has 2 fully saturated rings. The molecule has 2 rings (SSSR count). The van der Waals surface area contributed by atoms with Crippen molar-refractivity contribution >= 4 is 23.9 Å². The zero-order valence-corrected chi connectivity index (χ0v) is 22.3. The molecule has 2 heterocycles. The van der Waals surface area contributed by atoms with Crippen molar-refractivity contribution in [2.24, 2.45) is 17.8 Å². The zero-order chi connectivity index (χ0) is 26.9. The Kier molecular flexibility index (Phi) is 10.8. The highest BCUT2D eigenvalue weighted by Crippen LogP contribution is 2.26. The molecule has 2 aliphatic rings. The second-order valence-corrected chi connectivity index (χ2v) is 10.5. The number of amides is 3. The van der Waals surface area contributed by atoms with Crippen LogP contribution >= 0.6 is 0 Å². The molecule has 3 amide bonds. The molecule has 200 valence electrons. The summed E-state index contributed by atoms with van der Waals surface area (Å²) in [7, 11) is 0. The Balaban J connectivity index is 1.86. The van der Waals surface area contributed by atoms with Gasteiger partial charge in [0.15, 0.2) is 0 Å². The third kappa shape index (κ3) is 8.89. The number of nitrogens with one attached hydrogen (secondary N) is 1. The fourth-order valence-corrected chi connectivity index (χ4v) is 4.44. The SMILES string of the molecule is C#C[C@@H](CNC(=O)[C@@H]1CCCN(C(=O)/C=C(\C)C2CCN(C(=O)OC(C)(C)C)CC2)C1)C(=O)OCC. The number of ether oxygens (including phenoxy) is 2. The Morgan fingerprint density at radius 2 is 1.75 bits per heavy atom. The molecule has 1 N–H and O–H groups in total. The summed E-state index contributed by atoms with van der Waals surface area (Å²) in [5.41, 5.74) is 0.463. The van der Waals surface area contributed by atoms with Gasteiger partial charge in [0.1, 0.15) is 11.5 Å². The predicted octanol–water partition coefficient (Wildman–Crippen LogP) is 2.75. The molecule has 0 aliphatic carbocycles. The molecular formula is C27H41N3O6. The molecule has 36 heavy (non-hydrogen) atoms. The van der Waals surface area contributed by atoms with Crippen LogP contribution in [0.4, 0.5) is 4.79 Å². The number of allylic oxidation sites excluding steroid dienone is 1. The third-order valence-corrected chi connectivity index (χ3v) is 6.50. The van der Waals surface area contributed by atoms with Crippen molar-refractivity contribution in [2.45, 2.75) is 65.9 Å². The van der Waals surface area contributed by atoms with E-state index in [4.69, 9.17) is 15.9 Å². The molecule has 0 bridgehead atoms. The molecule has 2 saturated heterocycles. The van der Waals surface area contributed by atoms with Crippen molar-refractivity contribution in [2.75, 3.05) is 39.3 Å². The molecule has 0 spiro atoms. The average Bonchev–Trinajstić information content (AvgIpc) is 2.83. The van der Waals surface area contributed by atoms with Crippen LogP contribution in [0.25, 0.3) is 0 Å². The van der Waals surface area contributed by atoms with E-state index in [0.29, 0.717) is 32.6 Å². The molecule has 2 aliphatic heterocycles. The number of nitrogens with zero attached hydrogens (tertiary/aromatic N) is 2. The van der Waals surface area contributed by atoms with E-state index in [9.17, 15) is 19.2 Å². The highest BCUT2D eigenvalue weighted by atomic mass is 16.6. The number of terminal acetylenes is 1. The molecular weight excluding hydrogens is 462 g/mol. The van der Waals surface area contributed by atoms with Crippen molar-refractivity contribution in [1.29, 1.82) is 0 Å². The van der Waals surface area contributed by atoms with Crippen LogP contribution in [0.5, 0.6) is 0 Å². The fourth-order valence-electron chi connectivity index (χ4n) is 4.44. The van der Waals surface area contributed by atoms with Gasteiger partial charge in [0.05, 0.1) is 12.5 Å². The minimum Gasteiger partial charge on any atom is -0.465 e. The van der Waals surface area contributed by atoms with E-state index in [1.165, 1.54) is 0 Å². The highest BCUT2D eigenvalue weighted by Gasteiger charge is 2.30. The van der Waals surface area contributed by atoms with Crippen LogP contribution in [0, 0.1) is 30.1 Å². The van der Waals surface area contributed by atoms with Crippen LogP contribution in [0.1, 0.15) is 60.3 Å². The Morgan fingerprint density at radius 3 is 2.33 bits per heavy atom. The second-order valence-electron chi connectivity index (χ2n) is 10.5. The predicted molar refractivity (Wildman–Crippen MR) is 136 cm³/mol. The van der Waals surface area contributed by atoms with Crippen molar-refractivity contribution in [3.8, 4) is 12.3 Å². The number of hydrogen-bond donors (Lipinski definition) is 1. The lowest BCUT2D eigenvalue weighted by molar-refractivity contribution is -0.145. The lowest BCUT2D eigenvalue weighted by Gasteiger charge is -2.34. The summed E-state index contributed by atoms with van der Waals surface area (Å²) in [6, 6.07) is 0. The molecule has 0 aromatic heterocycles. The van der Waals surface area contributed by atoms with E-state index >= 15 is 0 Å². The summed E-state index contributed by atoms with van der Waals surface area (Å²) in [6.07, 6.45) is 9.71. The number of hydrogen-bond acceptors (Lipinski definition) is 6. The van der Waals surface area contributed by atoms with Crippen LogP contribution < -0.4 is 5.32 Å². The Labute approximate surface area is 214 Å². The molecule has 0 unspecified atom stereocenters. The molecule has 0 aromatic rings. The zero-order valence-electron chi connectivity index (χ0n) is 22.3. The van der Waals surface area contributed by atoms with Crippen molar-refractivity contribution in [3.63, 3.8) is 0 Å². The number of esters is 1. The maximum Gasteiger partial charge on any atom is 0.410 e. The normalized spacial score (nSPS) is 20.2. The Hall–Kier alpha value is -3.02. The van der Waals surface area contributed by atoms with Crippen molar-refractivity contribution in [1.82, 2.24) is 15.1 Å².